The second-order valence-electron chi connectivity index (χ2n) is 3.78. The minimum atomic E-state index is 0.458. The minimum Gasteiger partial charge on any atom is -0.344 e. The zero-order valence-corrected chi connectivity index (χ0v) is 11.2. The standard InChI is InChI=1S/C12H14ClN3S/c1-16(5-4-11-3-2-6-17-11)12-14-8-10(7-13)9-15-12/h2-3,6,8-9H,4-5,7H2,1H3. The highest BCUT2D eigenvalue weighted by Gasteiger charge is 2.04. The Kier molecular flexibility index (Phi) is 4.34. The molecule has 2 aromatic rings. The first-order valence-corrected chi connectivity index (χ1v) is 6.81. The molecule has 0 unspecified atom stereocenters. The van der Waals surface area contributed by atoms with E-state index < -0.39 is 0 Å². The molecule has 0 N–H and O–H groups in total. The molecule has 3 nitrogen and oxygen atoms in total. The molecular formula is C12H14ClN3S. The van der Waals surface area contributed by atoms with Crippen molar-refractivity contribution in [3.63, 3.8) is 0 Å². The van der Waals surface area contributed by atoms with Gasteiger partial charge in [0.05, 0.1) is 5.88 Å². The van der Waals surface area contributed by atoms with Crippen LogP contribution in [0.4, 0.5) is 5.95 Å². The molecule has 0 aromatic carbocycles. The molecule has 0 aliphatic carbocycles. The van der Waals surface area contributed by atoms with E-state index >= 15 is 0 Å². The fraction of sp³-hybridized carbons (Fsp3) is 0.333. The Morgan fingerprint density at radius 3 is 2.71 bits per heavy atom. The largest absolute Gasteiger partial charge is 0.344 e. The molecule has 0 saturated heterocycles. The number of likely N-dealkylation sites (N-methyl/N-ethyl adjacent to an activating group) is 1. The van der Waals surface area contributed by atoms with Gasteiger partial charge in [-0.25, -0.2) is 9.97 Å². The minimum absolute atomic E-state index is 0.458. The molecule has 0 atom stereocenters. The molecule has 2 aromatic heterocycles. The fourth-order valence-electron chi connectivity index (χ4n) is 1.45. The lowest BCUT2D eigenvalue weighted by molar-refractivity contribution is 0.842. The van der Waals surface area contributed by atoms with Crippen LogP contribution in [0.3, 0.4) is 0 Å². The number of hydrogen-bond donors (Lipinski definition) is 0. The fourth-order valence-corrected chi connectivity index (χ4v) is 2.28. The van der Waals surface area contributed by atoms with Crippen molar-refractivity contribution in [2.24, 2.45) is 0 Å². The van der Waals surface area contributed by atoms with Crippen LogP contribution in [0.5, 0.6) is 0 Å². The van der Waals surface area contributed by atoms with Crippen LogP contribution in [-0.4, -0.2) is 23.6 Å². The SMILES string of the molecule is CN(CCc1cccs1)c1ncc(CCl)cn1. The van der Waals surface area contributed by atoms with Gasteiger partial charge in [-0.05, 0) is 17.9 Å². The van der Waals surface area contributed by atoms with E-state index in [0.29, 0.717) is 5.88 Å². The molecule has 0 aliphatic rings. The van der Waals surface area contributed by atoms with E-state index in [2.05, 4.69) is 32.4 Å². The summed E-state index contributed by atoms with van der Waals surface area (Å²) in [6, 6.07) is 4.22. The van der Waals surface area contributed by atoms with Gasteiger partial charge in [0.2, 0.25) is 5.95 Å². The van der Waals surface area contributed by atoms with Crippen LogP contribution in [0.1, 0.15) is 10.4 Å². The van der Waals surface area contributed by atoms with Gasteiger partial charge < -0.3 is 4.90 Å². The van der Waals surface area contributed by atoms with E-state index in [1.807, 2.05) is 7.05 Å². The lowest BCUT2D eigenvalue weighted by Crippen LogP contribution is -2.22. The number of aromatic nitrogens is 2. The van der Waals surface area contributed by atoms with Crippen LogP contribution in [0, 0.1) is 0 Å². The second-order valence-corrected chi connectivity index (χ2v) is 5.08. The predicted octanol–water partition coefficient (Wildman–Crippen LogP) is 2.96. The molecule has 90 valence electrons. The molecule has 0 bridgehead atoms. The molecule has 2 heterocycles. The van der Waals surface area contributed by atoms with Crippen molar-refractivity contribution in [2.45, 2.75) is 12.3 Å². The Morgan fingerprint density at radius 2 is 2.12 bits per heavy atom. The first-order chi connectivity index (χ1) is 8.29. The van der Waals surface area contributed by atoms with Crippen LogP contribution in [0.15, 0.2) is 29.9 Å². The van der Waals surface area contributed by atoms with E-state index in [-0.39, 0.29) is 0 Å². The van der Waals surface area contributed by atoms with Gasteiger partial charge in [-0.3, -0.25) is 0 Å². The Hall–Kier alpha value is -1.13. The van der Waals surface area contributed by atoms with Crippen molar-refractivity contribution in [2.75, 3.05) is 18.5 Å². The first kappa shape index (κ1) is 12.3. The summed E-state index contributed by atoms with van der Waals surface area (Å²) in [4.78, 5) is 12.0. The first-order valence-electron chi connectivity index (χ1n) is 5.40. The zero-order valence-electron chi connectivity index (χ0n) is 9.64. The molecule has 0 spiro atoms. The van der Waals surface area contributed by atoms with Gasteiger partial charge in [-0.1, -0.05) is 6.07 Å². The molecule has 0 fully saturated rings. The third-order valence-corrected chi connectivity index (χ3v) is 3.71. The van der Waals surface area contributed by atoms with Crippen LogP contribution in [0.2, 0.25) is 0 Å². The maximum absolute atomic E-state index is 5.70. The van der Waals surface area contributed by atoms with Crippen molar-refractivity contribution in [1.82, 2.24) is 9.97 Å². The predicted molar refractivity (Wildman–Crippen MR) is 72.9 cm³/mol. The molecule has 0 saturated carbocycles. The highest BCUT2D eigenvalue weighted by molar-refractivity contribution is 7.09. The number of alkyl halides is 1. The lowest BCUT2D eigenvalue weighted by Gasteiger charge is -2.16. The zero-order chi connectivity index (χ0) is 12.1. The summed E-state index contributed by atoms with van der Waals surface area (Å²) >= 11 is 7.48. The number of anilines is 1. The Bertz CT molecular complexity index is 441. The molecule has 0 amide bonds. The van der Waals surface area contributed by atoms with Crippen molar-refractivity contribution < 1.29 is 0 Å². The molecular weight excluding hydrogens is 254 g/mol. The number of rotatable bonds is 5. The van der Waals surface area contributed by atoms with Crippen molar-refractivity contribution >= 4 is 28.9 Å². The maximum atomic E-state index is 5.70. The average molecular weight is 268 g/mol. The van der Waals surface area contributed by atoms with Gasteiger partial charge in [-0.15, -0.1) is 22.9 Å². The number of hydrogen-bond acceptors (Lipinski definition) is 4. The second kappa shape index (κ2) is 5.98. The molecule has 5 heteroatoms. The van der Waals surface area contributed by atoms with E-state index in [1.165, 1.54) is 4.88 Å². The number of nitrogens with zero attached hydrogens (tertiary/aromatic N) is 3. The van der Waals surface area contributed by atoms with Crippen molar-refractivity contribution in [1.29, 1.82) is 0 Å². The molecule has 2 rings (SSSR count). The molecule has 0 aliphatic heterocycles. The van der Waals surface area contributed by atoms with Crippen LogP contribution < -0.4 is 4.90 Å². The van der Waals surface area contributed by atoms with E-state index in [0.717, 1.165) is 24.5 Å². The van der Waals surface area contributed by atoms with Crippen molar-refractivity contribution in [3.8, 4) is 0 Å². The summed E-state index contributed by atoms with van der Waals surface area (Å²) < 4.78 is 0. The van der Waals surface area contributed by atoms with E-state index in [1.54, 1.807) is 23.7 Å². The highest BCUT2D eigenvalue weighted by Crippen LogP contribution is 2.12. The van der Waals surface area contributed by atoms with Crippen LogP contribution >= 0.6 is 22.9 Å². The number of halogens is 1. The summed E-state index contributed by atoms with van der Waals surface area (Å²) in [5, 5.41) is 2.10. The lowest BCUT2D eigenvalue weighted by atomic mass is 10.3. The van der Waals surface area contributed by atoms with Crippen LogP contribution in [-0.2, 0) is 12.3 Å². The Morgan fingerprint density at radius 1 is 1.35 bits per heavy atom. The van der Waals surface area contributed by atoms with Gasteiger partial charge in [0.1, 0.15) is 0 Å². The highest BCUT2D eigenvalue weighted by atomic mass is 35.5. The van der Waals surface area contributed by atoms with Gasteiger partial charge >= 0.3 is 0 Å². The van der Waals surface area contributed by atoms with E-state index in [4.69, 9.17) is 11.6 Å². The van der Waals surface area contributed by atoms with Gasteiger partial charge in [0.15, 0.2) is 0 Å². The third-order valence-electron chi connectivity index (χ3n) is 2.46. The van der Waals surface area contributed by atoms with Gasteiger partial charge in [-0.2, -0.15) is 0 Å². The summed E-state index contributed by atoms with van der Waals surface area (Å²) in [7, 11) is 2.00. The molecule has 17 heavy (non-hydrogen) atoms. The molecule has 0 radical (unpaired) electrons. The summed E-state index contributed by atoms with van der Waals surface area (Å²) in [5.74, 6) is 1.20. The third kappa shape index (κ3) is 3.41. The maximum Gasteiger partial charge on any atom is 0.225 e. The average Bonchev–Trinajstić information content (AvgIpc) is 2.89. The Labute approximate surface area is 110 Å². The van der Waals surface area contributed by atoms with Crippen LogP contribution in [0.25, 0.3) is 0 Å². The van der Waals surface area contributed by atoms with Gasteiger partial charge in [0, 0.05) is 36.4 Å². The summed E-state index contributed by atoms with van der Waals surface area (Å²) in [6.45, 7) is 0.917. The topological polar surface area (TPSA) is 29.0 Å². The number of thiophene rings is 1. The quantitative estimate of drug-likeness (QED) is 0.780. The van der Waals surface area contributed by atoms with Crippen molar-refractivity contribution in [3.05, 3.63) is 40.3 Å². The van der Waals surface area contributed by atoms with Gasteiger partial charge in [0.25, 0.3) is 0 Å². The van der Waals surface area contributed by atoms with E-state index in [9.17, 15) is 0 Å². The normalized spacial score (nSPS) is 10.5. The Balaban J connectivity index is 1.92. The monoisotopic (exact) mass is 267 g/mol. The summed E-state index contributed by atoms with van der Waals surface area (Å²) in [6.07, 6.45) is 4.57. The smallest absolute Gasteiger partial charge is 0.225 e. The summed E-state index contributed by atoms with van der Waals surface area (Å²) in [5.41, 5.74) is 0.946.